The minimum atomic E-state index is -1.28. The number of carbonyl (C=O) groups is 3. The number of hydrogen-bond donors (Lipinski definition) is 3. The Labute approximate surface area is 199 Å². The van der Waals surface area contributed by atoms with E-state index >= 15 is 0 Å². The lowest BCUT2D eigenvalue weighted by Gasteiger charge is -2.48. The van der Waals surface area contributed by atoms with Gasteiger partial charge < -0.3 is 25.7 Å². The summed E-state index contributed by atoms with van der Waals surface area (Å²) in [6, 6.07) is -0.944. The van der Waals surface area contributed by atoms with Crippen molar-refractivity contribution in [2.24, 2.45) is 5.16 Å². The predicted molar refractivity (Wildman–Crippen MR) is 121 cm³/mol. The number of oxime groups is 1. The van der Waals surface area contributed by atoms with E-state index in [1.807, 2.05) is 6.92 Å². The summed E-state index contributed by atoms with van der Waals surface area (Å²) in [4.78, 5) is 52.4. The molecule has 2 aromatic rings. The Morgan fingerprint density at radius 1 is 1.45 bits per heavy atom. The van der Waals surface area contributed by atoms with Gasteiger partial charge in [-0.05, 0) is 6.92 Å². The molecule has 15 heteroatoms. The first-order valence-electron chi connectivity index (χ1n) is 9.38. The van der Waals surface area contributed by atoms with Crippen LogP contribution in [0.5, 0.6) is 0 Å². The maximum atomic E-state index is 12.8. The number of amides is 2. The standard InChI is InChI=1S/C18H18N6O6S3/c1-7-20-3-8(33-7)4-30-10-6-31-16-12(15(26)24(16)13(10)17(27)28)22-14(25)11(23-29-2)9-5-32-18(19)21-9/h3,5,12,16H,4,6H2,1-2H3,(H2,19,21)(H,22,25)(H,27,28)/t12-,16+/m1/s1. The molecule has 0 bridgehead atoms. The van der Waals surface area contributed by atoms with E-state index in [-0.39, 0.29) is 40.4 Å². The maximum Gasteiger partial charge on any atom is 0.356 e. The average Bonchev–Trinajstić information content (AvgIpc) is 3.40. The van der Waals surface area contributed by atoms with Crippen LogP contribution in [0.25, 0.3) is 0 Å². The number of aliphatic carboxylic acids is 1. The fourth-order valence-electron chi connectivity index (χ4n) is 3.23. The van der Waals surface area contributed by atoms with Gasteiger partial charge in [-0.2, -0.15) is 0 Å². The van der Waals surface area contributed by atoms with E-state index in [2.05, 4.69) is 20.4 Å². The van der Waals surface area contributed by atoms with Crippen LogP contribution in [0, 0.1) is 6.92 Å². The highest BCUT2D eigenvalue weighted by molar-refractivity contribution is 8.00. The molecule has 2 amide bonds. The molecule has 2 aliphatic heterocycles. The van der Waals surface area contributed by atoms with E-state index in [1.165, 1.54) is 35.6 Å². The second kappa shape index (κ2) is 9.36. The Bertz CT molecular complexity index is 1170. The van der Waals surface area contributed by atoms with Gasteiger partial charge >= 0.3 is 5.97 Å². The van der Waals surface area contributed by atoms with E-state index in [0.717, 1.165) is 26.1 Å². The molecule has 2 atom stereocenters. The molecule has 0 radical (unpaired) electrons. The highest BCUT2D eigenvalue weighted by Crippen LogP contribution is 2.41. The molecule has 1 saturated heterocycles. The number of nitrogen functional groups attached to an aromatic ring is 1. The van der Waals surface area contributed by atoms with Gasteiger partial charge in [0.2, 0.25) is 0 Å². The zero-order valence-electron chi connectivity index (χ0n) is 17.3. The van der Waals surface area contributed by atoms with Crippen LogP contribution in [0.1, 0.15) is 15.6 Å². The molecule has 0 aliphatic carbocycles. The third-order valence-corrected chi connectivity index (χ3v) is 7.46. The third-order valence-electron chi connectivity index (χ3n) is 4.64. The number of carbonyl (C=O) groups excluding carboxylic acids is 2. The monoisotopic (exact) mass is 510 g/mol. The number of ether oxygens (including phenoxy) is 1. The summed E-state index contributed by atoms with van der Waals surface area (Å²) in [5.74, 6) is -2.13. The second-order valence-corrected chi connectivity index (χ2v) is 10.1. The SMILES string of the molecule is CON=C(C(=O)N[C@@H]1C(=O)N2C(C(=O)O)=C(OCc3cnc(C)s3)CS[C@@H]12)c1csc(N)n1. The number of carboxylic acid groups (broad SMARTS) is 1. The summed E-state index contributed by atoms with van der Waals surface area (Å²) in [6.07, 6.45) is 1.66. The lowest BCUT2D eigenvalue weighted by Crippen LogP contribution is -2.71. The Morgan fingerprint density at radius 2 is 2.24 bits per heavy atom. The molecule has 33 heavy (non-hydrogen) atoms. The number of hydrogen-bond acceptors (Lipinski definition) is 12. The van der Waals surface area contributed by atoms with Crippen molar-refractivity contribution in [3.8, 4) is 0 Å². The molecule has 174 valence electrons. The van der Waals surface area contributed by atoms with Gasteiger partial charge in [0.05, 0.1) is 15.6 Å². The number of thiazole rings is 2. The van der Waals surface area contributed by atoms with Crippen molar-refractivity contribution in [3.63, 3.8) is 0 Å². The fourth-order valence-corrected chi connectivity index (χ4v) is 5.77. The van der Waals surface area contributed by atoms with Crippen LogP contribution in [-0.4, -0.2) is 67.7 Å². The Kier molecular flexibility index (Phi) is 6.53. The van der Waals surface area contributed by atoms with Crippen molar-refractivity contribution < 1.29 is 29.1 Å². The average molecular weight is 511 g/mol. The number of β-lactam (4-membered cyclic amide) rings is 1. The van der Waals surface area contributed by atoms with Crippen LogP contribution in [-0.2, 0) is 30.6 Å². The lowest BCUT2D eigenvalue weighted by atomic mass is 10.0. The highest BCUT2D eigenvalue weighted by atomic mass is 32.2. The second-order valence-electron chi connectivity index (χ2n) is 6.77. The molecule has 2 aliphatic rings. The van der Waals surface area contributed by atoms with Gasteiger partial charge in [-0.3, -0.25) is 14.5 Å². The largest absolute Gasteiger partial charge is 0.489 e. The van der Waals surface area contributed by atoms with Gasteiger partial charge in [0.15, 0.2) is 16.5 Å². The number of anilines is 1. The number of aromatic nitrogens is 2. The van der Waals surface area contributed by atoms with Gasteiger partial charge in [0.25, 0.3) is 11.8 Å². The first kappa shape index (κ1) is 23.0. The minimum Gasteiger partial charge on any atom is -0.489 e. The van der Waals surface area contributed by atoms with Crippen LogP contribution >= 0.6 is 34.4 Å². The molecule has 1 fully saturated rings. The van der Waals surface area contributed by atoms with Gasteiger partial charge in [0.1, 0.15) is 36.6 Å². The summed E-state index contributed by atoms with van der Waals surface area (Å²) >= 11 is 3.85. The number of carboxylic acids is 1. The molecule has 0 spiro atoms. The molecular weight excluding hydrogens is 492 g/mol. The molecule has 2 aromatic heterocycles. The zero-order valence-corrected chi connectivity index (χ0v) is 19.8. The molecular formula is C18H18N6O6S3. The Morgan fingerprint density at radius 3 is 2.85 bits per heavy atom. The molecule has 0 aromatic carbocycles. The number of rotatable bonds is 8. The van der Waals surface area contributed by atoms with Gasteiger partial charge in [-0.15, -0.1) is 34.4 Å². The van der Waals surface area contributed by atoms with Crippen LogP contribution in [0.4, 0.5) is 5.13 Å². The summed E-state index contributed by atoms with van der Waals surface area (Å²) in [5.41, 5.74) is 5.45. The van der Waals surface area contributed by atoms with Crippen molar-refractivity contribution in [2.75, 3.05) is 18.6 Å². The molecule has 4 rings (SSSR count). The van der Waals surface area contributed by atoms with Crippen LogP contribution < -0.4 is 11.1 Å². The maximum absolute atomic E-state index is 12.8. The van der Waals surface area contributed by atoms with Crippen molar-refractivity contribution in [3.05, 3.63) is 38.6 Å². The van der Waals surface area contributed by atoms with E-state index in [1.54, 1.807) is 6.20 Å². The van der Waals surface area contributed by atoms with Crippen LogP contribution in [0.3, 0.4) is 0 Å². The van der Waals surface area contributed by atoms with Crippen LogP contribution in [0.2, 0.25) is 0 Å². The minimum absolute atomic E-state index is 0.143. The van der Waals surface area contributed by atoms with Gasteiger partial charge in [0, 0.05) is 11.6 Å². The number of thioether (sulfide) groups is 1. The summed E-state index contributed by atoms with van der Waals surface area (Å²) in [6.45, 7) is 2.01. The Hall–Kier alpha value is -3.17. The number of aryl methyl sites for hydroxylation is 1. The molecule has 4 heterocycles. The van der Waals surface area contributed by atoms with Gasteiger partial charge in [-0.25, -0.2) is 14.8 Å². The fraction of sp³-hybridized carbons (Fsp3) is 0.333. The smallest absolute Gasteiger partial charge is 0.356 e. The quantitative estimate of drug-likeness (QED) is 0.262. The topological polar surface area (TPSA) is 169 Å². The first-order chi connectivity index (χ1) is 15.8. The zero-order chi connectivity index (χ0) is 23.7. The summed E-state index contributed by atoms with van der Waals surface area (Å²) < 4.78 is 5.72. The summed E-state index contributed by atoms with van der Waals surface area (Å²) in [5, 5.41) is 18.1. The lowest BCUT2D eigenvalue weighted by molar-refractivity contribution is -0.150. The number of nitrogens with one attached hydrogen (secondary N) is 1. The normalized spacial score (nSPS) is 20.2. The number of nitrogens with zero attached hydrogens (tertiary/aromatic N) is 4. The highest BCUT2D eigenvalue weighted by Gasteiger charge is 2.55. The van der Waals surface area contributed by atoms with Gasteiger partial charge in [-0.1, -0.05) is 5.16 Å². The summed E-state index contributed by atoms with van der Waals surface area (Å²) in [7, 11) is 1.27. The van der Waals surface area contributed by atoms with Crippen molar-refractivity contribution in [2.45, 2.75) is 24.9 Å². The molecule has 0 saturated carbocycles. The number of nitrogens with two attached hydrogens (primary N) is 1. The molecule has 12 nitrogen and oxygen atoms in total. The van der Waals surface area contributed by atoms with Crippen molar-refractivity contribution >= 4 is 63.1 Å². The van der Waals surface area contributed by atoms with E-state index in [9.17, 15) is 19.5 Å². The molecule has 0 unspecified atom stereocenters. The van der Waals surface area contributed by atoms with E-state index < -0.39 is 29.2 Å². The predicted octanol–water partition coefficient (Wildman–Crippen LogP) is 0.754. The van der Waals surface area contributed by atoms with E-state index in [4.69, 9.17) is 15.3 Å². The first-order valence-corrected chi connectivity index (χ1v) is 12.1. The number of fused-ring (bicyclic) bond motifs is 1. The van der Waals surface area contributed by atoms with E-state index in [0.29, 0.717) is 0 Å². The third kappa shape index (κ3) is 4.51. The molecule has 4 N–H and O–H groups in total. The van der Waals surface area contributed by atoms with Crippen molar-refractivity contribution in [1.82, 2.24) is 20.2 Å². The Balaban J connectivity index is 1.49. The van der Waals surface area contributed by atoms with Crippen molar-refractivity contribution in [1.29, 1.82) is 0 Å². The van der Waals surface area contributed by atoms with Crippen LogP contribution in [0.15, 0.2) is 28.2 Å².